The number of carbonyl (C=O) groups is 2. The van der Waals surface area contributed by atoms with Gasteiger partial charge in [0.05, 0.1) is 12.0 Å². The predicted octanol–water partition coefficient (Wildman–Crippen LogP) is 2.02. The van der Waals surface area contributed by atoms with Crippen LogP contribution < -0.4 is 16.4 Å². The standard InChI is InChI=1S/C21H25N3O5/c25-17-12-28-11-16(17)23-20(26)15(10-13-6-2-1-3-7-13)22-19-14-8-4-5-9-18(14)29-21(27)24-19/h4-5,8-9,13,15-16H,1-3,6-7,10-12H2,(H,23,26)(H,22,24,27). The van der Waals surface area contributed by atoms with Gasteiger partial charge in [0.25, 0.3) is 0 Å². The number of aromatic nitrogens is 1. The summed E-state index contributed by atoms with van der Waals surface area (Å²) >= 11 is 0. The van der Waals surface area contributed by atoms with Crippen LogP contribution in [0.1, 0.15) is 38.5 Å². The van der Waals surface area contributed by atoms with Crippen molar-refractivity contribution >= 4 is 28.5 Å². The summed E-state index contributed by atoms with van der Waals surface area (Å²) < 4.78 is 10.3. The SMILES string of the molecule is O=C1COCC1NC(=O)C(CC1CCCCC1)Nc1nc(=O)oc2ccccc12. The van der Waals surface area contributed by atoms with Crippen LogP contribution in [0.15, 0.2) is 33.5 Å². The first-order valence-electron chi connectivity index (χ1n) is 10.2. The predicted molar refractivity (Wildman–Crippen MR) is 107 cm³/mol. The number of ether oxygens (including phenoxy) is 1. The smallest absolute Gasteiger partial charge is 0.408 e. The van der Waals surface area contributed by atoms with Crippen molar-refractivity contribution in [2.75, 3.05) is 18.5 Å². The Morgan fingerprint density at radius 3 is 2.72 bits per heavy atom. The van der Waals surface area contributed by atoms with Crippen molar-refractivity contribution < 1.29 is 18.7 Å². The lowest BCUT2D eigenvalue weighted by molar-refractivity contribution is -0.126. The summed E-state index contributed by atoms with van der Waals surface area (Å²) in [5.41, 5.74) is 0.409. The zero-order valence-electron chi connectivity index (χ0n) is 16.2. The lowest BCUT2D eigenvalue weighted by atomic mass is 9.84. The average molecular weight is 399 g/mol. The zero-order valence-corrected chi connectivity index (χ0v) is 16.2. The molecule has 1 amide bonds. The molecule has 2 N–H and O–H groups in total. The number of ketones is 1. The Morgan fingerprint density at radius 2 is 1.97 bits per heavy atom. The number of Topliss-reactive ketones (excluding diaryl/α,β-unsaturated/α-hetero) is 1. The summed E-state index contributed by atoms with van der Waals surface area (Å²) in [6, 6.07) is 5.84. The van der Waals surface area contributed by atoms with Gasteiger partial charge in [0.1, 0.15) is 30.1 Å². The molecule has 1 aliphatic carbocycles. The van der Waals surface area contributed by atoms with E-state index in [-0.39, 0.29) is 24.9 Å². The van der Waals surface area contributed by atoms with Crippen molar-refractivity contribution in [3.63, 3.8) is 0 Å². The summed E-state index contributed by atoms with van der Waals surface area (Å²) in [6.07, 6.45) is 6.29. The van der Waals surface area contributed by atoms with Gasteiger partial charge in [-0.1, -0.05) is 44.2 Å². The monoisotopic (exact) mass is 399 g/mol. The summed E-state index contributed by atoms with van der Waals surface area (Å²) in [5, 5.41) is 6.59. The van der Waals surface area contributed by atoms with Gasteiger partial charge in [-0.15, -0.1) is 0 Å². The van der Waals surface area contributed by atoms with E-state index in [0.29, 0.717) is 29.1 Å². The number of hydrogen-bond acceptors (Lipinski definition) is 7. The van der Waals surface area contributed by atoms with E-state index in [1.54, 1.807) is 18.2 Å². The average Bonchev–Trinajstić information content (AvgIpc) is 3.12. The molecule has 1 aromatic carbocycles. The minimum absolute atomic E-state index is 0.0254. The van der Waals surface area contributed by atoms with Crippen LogP contribution in [0.4, 0.5) is 5.82 Å². The van der Waals surface area contributed by atoms with E-state index in [4.69, 9.17) is 9.15 Å². The summed E-state index contributed by atoms with van der Waals surface area (Å²) in [7, 11) is 0. The van der Waals surface area contributed by atoms with E-state index in [9.17, 15) is 14.4 Å². The molecule has 0 spiro atoms. The van der Waals surface area contributed by atoms with E-state index in [0.717, 1.165) is 25.7 Å². The fourth-order valence-electron chi connectivity index (χ4n) is 4.15. The third-order valence-corrected chi connectivity index (χ3v) is 5.70. The van der Waals surface area contributed by atoms with Crippen molar-refractivity contribution in [1.29, 1.82) is 0 Å². The van der Waals surface area contributed by atoms with Gasteiger partial charge in [0, 0.05) is 0 Å². The van der Waals surface area contributed by atoms with Crippen molar-refractivity contribution in [3.8, 4) is 0 Å². The second-order valence-electron chi connectivity index (χ2n) is 7.80. The number of fused-ring (bicyclic) bond motifs is 1. The molecule has 0 bridgehead atoms. The topological polar surface area (TPSA) is 111 Å². The van der Waals surface area contributed by atoms with E-state index >= 15 is 0 Å². The second kappa shape index (κ2) is 8.73. The Bertz CT molecular complexity index is 951. The first kappa shape index (κ1) is 19.6. The Kier molecular flexibility index (Phi) is 5.89. The first-order valence-corrected chi connectivity index (χ1v) is 10.2. The molecule has 2 heterocycles. The van der Waals surface area contributed by atoms with Crippen LogP contribution in [-0.4, -0.2) is 42.0 Å². The Labute approximate surface area is 168 Å². The quantitative estimate of drug-likeness (QED) is 0.764. The summed E-state index contributed by atoms with van der Waals surface area (Å²) in [4.78, 5) is 40.8. The molecule has 1 saturated carbocycles. The molecular formula is C21H25N3O5. The number of anilines is 1. The molecule has 2 fully saturated rings. The highest BCUT2D eigenvalue weighted by Crippen LogP contribution is 2.29. The maximum atomic E-state index is 13.0. The molecule has 4 rings (SSSR count). The molecule has 0 radical (unpaired) electrons. The fourth-order valence-corrected chi connectivity index (χ4v) is 4.15. The zero-order chi connectivity index (χ0) is 20.2. The Morgan fingerprint density at radius 1 is 1.17 bits per heavy atom. The van der Waals surface area contributed by atoms with Gasteiger partial charge in [-0.25, -0.2) is 4.79 Å². The van der Waals surface area contributed by atoms with E-state index in [1.165, 1.54) is 6.42 Å². The number of hydrogen-bond donors (Lipinski definition) is 2. The largest absolute Gasteiger partial charge is 0.441 e. The molecule has 1 aliphatic heterocycles. The lowest BCUT2D eigenvalue weighted by Crippen LogP contribution is -2.48. The Balaban J connectivity index is 1.58. The van der Waals surface area contributed by atoms with E-state index in [2.05, 4.69) is 15.6 Å². The number of para-hydroxylation sites is 1. The van der Waals surface area contributed by atoms with Crippen molar-refractivity contribution in [2.45, 2.75) is 50.6 Å². The van der Waals surface area contributed by atoms with Crippen LogP contribution in [0.2, 0.25) is 0 Å². The van der Waals surface area contributed by atoms with Crippen molar-refractivity contribution in [2.24, 2.45) is 5.92 Å². The summed E-state index contributed by atoms with van der Waals surface area (Å²) in [5.74, 6) is -0.393. The molecule has 154 valence electrons. The van der Waals surface area contributed by atoms with Gasteiger partial charge < -0.3 is 19.8 Å². The molecule has 29 heavy (non-hydrogen) atoms. The molecule has 1 aromatic heterocycles. The van der Waals surface area contributed by atoms with Gasteiger partial charge >= 0.3 is 5.76 Å². The van der Waals surface area contributed by atoms with Crippen LogP contribution in [0.25, 0.3) is 11.0 Å². The molecule has 1 saturated heterocycles. The maximum absolute atomic E-state index is 13.0. The number of benzene rings is 1. The number of rotatable bonds is 6. The van der Waals surface area contributed by atoms with Crippen LogP contribution in [-0.2, 0) is 14.3 Å². The number of nitrogens with one attached hydrogen (secondary N) is 2. The number of carbonyl (C=O) groups excluding carboxylic acids is 2. The van der Waals surface area contributed by atoms with Crippen LogP contribution in [0, 0.1) is 5.92 Å². The third-order valence-electron chi connectivity index (χ3n) is 5.70. The normalized spacial score (nSPS) is 21.2. The molecule has 2 aromatic rings. The van der Waals surface area contributed by atoms with E-state index in [1.807, 2.05) is 6.07 Å². The lowest BCUT2D eigenvalue weighted by Gasteiger charge is -2.27. The van der Waals surface area contributed by atoms with Crippen LogP contribution >= 0.6 is 0 Å². The molecule has 8 nitrogen and oxygen atoms in total. The van der Waals surface area contributed by atoms with Gasteiger partial charge in [-0.05, 0) is 24.5 Å². The molecule has 2 unspecified atom stereocenters. The number of amides is 1. The number of nitrogens with zero attached hydrogens (tertiary/aromatic N) is 1. The maximum Gasteiger partial charge on any atom is 0.441 e. The van der Waals surface area contributed by atoms with Gasteiger partial charge in [-0.3, -0.25) is 9.59 Å². The van der Waals surface area contributed by atoms with Crippen LogP contribution in [0.3, 0.4) is 0 Å². The molecule has 2 atom stereocenters. The van der Waals surface area contributed by atoms with Gasteiger partial charge in [-0.2, -0.15) is 4.98 Å². The Hall–Kier alpha value is -2.74. The molecule has 8 heteroatoms. The fraction of sp³-hybridized carbons (Fsp3) is 0.524. The van der Waals surface area contributed by atoms with Gasteiger partial charge in [0.15, 0.2) is 5.78 Å². The first-order chi connectivity index (χ1) is 14.1. The minimum atomic E-state index is -0.720. The second-order valence-corrected chi connectivity index (χ2v) is 7.80. The molecular weight excluding hydrogens is 374 g/mol. The van der Waals surface area contributed by atoms with E-state index < -0.39 is 17.8 Å². The van der Waals surface area contributed by atoms with Crippen LogP contribution in [0.5, 0.6) is 0 Å². The third kappa shape index (κ3) is 4.64. The highest BCUT2D eigenvalue weighted by molar-refractivity contribution is 5.95. The highest BCUT2D eigenvalue weighted by Gasteiger charge is 2.31. The minimum Gasteiger partial charge on any atom is -0.408 e. The summed E-state index contributed by atoms with van der Waals surface area (Å²) in [6.45, 7) is 0.217. The van der Waals surface area contributed by atoms with Gasteiger partial charge in [0.2, 0.25) is 5.91 Å². The molecule has 2 aliphatic rings. The van der Waals surface area contributed by atoms with Crippen molar-refractivity contribution in [1.82, 2.24) is 10.3 Å². The van der Waals surface area contributed by atoms with Crippen molar-refractivity contribution in [3.05, 3.63) is 34.8 Å². The highest BCUT2D eigenvalue weighted by atomic mass is 16.5.